The summed E-state index contributed by atoms with van der Waals surface area (Å²) in [6.07, 6.45) is 2.45. The molecule has 0 aromatic heterocycles. The van der Waals surface area contributed by atoms with Gasteiger partial charge < -0.3 is 9.47 Å². The van der Waals surface area contributed by atoms with Crippen molar-refractivity contribution in [2.24, 2.45) is 0 Å². The predicted octanol–water partition coefficient (Wildman–Crippen LogP) is 7.26. The molecule has 0 amide bonds. The van der Waals surface area contributed by atoms with Gasteiger partial charge >= 0.3 is 0 Å². The van der Waals surface area contributed by atoms with Crippen molar-refractivity contribution >= 4 is 0 Å². The topological polar surface area (TPSA) is 18.5 Å². The van der Waals surface area contributed by atoms with Gasteiger partial charge in [0.2, 0.25) is 0 Å². The Balaban J connectivity index is 0.000000751. The first-order valence-electron chi connectivity index (χ1n) is 11.4. The van der Waals surface area contributed by atoms with Crippen molar-refractivity contribution in [1.29, 1.82) is 0 Å². The van der Waals surface area contributed by atoms with Crippen molar-refractivity contribution in [3.63, 3.8) is 0 Å². The molecule has 0 fully saturated rings. The molecule has 0 unspecified atom stereocenters. The minimum absolute atomic E-state index is 0.681. The van der Waals surface area contributed by atoms with Crippen molar-refractivity contribution in [2.75, 3.05) is 13.2 Å². The molecule has 0 N–H and O–H groups in total. The van der Waals surface area contributed by atoms with E-state index in [0.717, 1.165) is 11.3 Å². The minimum atomic E-state index is 0.681. The van der Waals surface area contributed by atoms with Crippen LogP contribution in [0.2, 0.25) is 0 Å². The van der Waals surface area contributed by atoms with Crippen molar-refractivity contribution in [3.05, 3.63) is 61.2 Å². The Morgan fingerprint density at radius 1 is 0.531 bits per heavy atom. The summed E-state index contributed by atoms with van der Waals surface area (Å²) in [7, 11) is 0. The van der Waals surface area contributed by atoms with E-state index < -0.39 is 0 Å². The highest BCUT2D eigenvalue weighted by atomic mass is 16.5. The van der Waals surface area contributed by atoms with Crippen LogP contribution in [0.1, 0.15) is 82.0 Å². The molecule has 0 aliphatic rings. The first kappa shape index (κ1) is 27.2. The fourth-order valence-electron chi connectivity index (χ4n) is 3.78. The van der Waals surface area contributed by atoms with E-state index in [2.05, 4.69) is 90.9 Å². The SMILES string of the molecule is CC#COCC.CCOc1c(C)c(C)c(C#Cc2c(C)c(C)c(C)c(C)c2C)c(C)c1C. The maximum atomic E-state index is 5.88. The molecule has 2 aromatic rings. The Morgan fingerprint density at radius 2 is 0.906 bits per heavy atom. The molecule has 0 aliphatic heterocycles. The van der Waals surface area contributed by atoms with Gasteiger partial charge in [0.1, 0.15) is 11.9 Å². The monoisotopic (exact) mass is 432 g/mol. The van der Waals surface area contributed by atoms with E-state index in [1.807, 2.05) is 13.8 Å². The molecule has 0 aliphatic carbocycles. The maximum absolute atomic E-state index is 5.88. The zero-order valence-corrected chi connectivity index (χ0v) is 22.2. The average Bonchev–Trinajstić information content (AvgIpc) is 2.78. The number of benzene rings is 2. The second-order valence-corrected chi connectivity index (χ2v) is 8.17. The smallest absolute Gasteiger partial charge is 0.125 e. The zero-order chi connectivity index (χ0) is 24.6. The molecule has 0 radical (unpaired) electrons. The molecule has 2 nitrogen and oxygen atoms in total. The van der Waals surface area contributed by atoms with Crippen LogP contribution in [-0.2, 0) is 4.74 Å². The van der Waals surface area contributed by atoms with Crippen LogP contribution in [-0.4, -0.2) is 13.2 Å². The van der Waals surface area contributed by atoms with Crippen LogP contribution in [0.4, 0.5) is 0 Å². The lowest BCUT2D eigenvalue weighted by Gasteiger charge is -2.18. The predicted molar refractivity (Wildman–Crippen MR) is 138 cm³/mol. The highest BCUT2D eigenvalue weighted by Gasteiger charge is 2.15. The first-order valence-corrected chi connectivity index (χ1v) is 11.4. The summed E-state index contributed by atoms with van der Waals surface area (Å²) in [5.74, 6) is 10.6. The van der Waals surface area contributed by atoms with Crippen molar-refractivity contribution < 1.29 is 9.47 Å². The molecule has 2 heteroatoms. The third-order valence-corrected chi connectivity index (χ3v) is 6.48. The van der Waals surface area contributed by atoms with Gasteiger partial charge in [-0.2, -0.15) is 0 Å². The number of ether oxygens (including phenoxy) is 2. The van der Waals surface area contributed by atoms with Gasteiger partial charge in [-0.05, 0) is 126 Å². The third-order valence-electron chi connectivity index (χ3n) is 6.48. The van der Waals surface area contributed by atoms with Gasteiger partial charge in [0.25, 0.3) is 0 Å². The van der Waals surface area contributed by atoms with E-state index in [0.29, 0.717) is 13.2 Å². The lowest BCUT2D eigenvalue weighted by Crippen LogP contribution is -2.04. The summed E-state index contributed by atoms with van der Waals surface area (Å²) < 4.78 is 10.5. The van der Waals surface area contributed by atoms with Crippen LogP contribution in [0.3, 0.4) is 0 Å². The van der Waals surface area contributed by atoms with Gasteiger partial charge in [0.15, 0.2) is 0 Å². The molecular formula is C30H40O2. The molecular weight excluding hydrogens is 392 g/mol. The molecule has 2 aromatic carbocycles. The molecule has 172 valence electrons. The Labute approximate surface area is 196 Å². The van der Waals surface area contributed by atoms with Gasteiger partial charge in [0.05, 0.1) is 13.2 Å². The maximum Gasteiger partial charge on any atom is 0.125 e. The molecule has 0 saturated heterocycles. The normalized spacial score (nSPS) is 9.62. The van der Waals surface area contributed by atoms with E-state index in [1.54, 1.807) is 6.92 Å². The highest BCUT2D eigenvalue weighted by molar-refractivity contribution is 5.63. The van der Waals surface area contributed by atoms with Crippen LogP contribution in [0.25, 0.3) is 0 Å². The van der Waals surface area contributed by atoms with E-state index in [-0.39, 0.29) is 0 Å². The molecule has 32 heavy (non-hydrogen) atoms. The molecule has 0 saturated carbocycles. The van der Waals surface area contributed by atoms with Crippen molar-refractivity contribution in [2.45, 2.75) is 83.1 Å². The summed E-state index contributed by atoms with van der Waals surface area (Å²) in [6.45, 7) is 26.6. The van der Waals surface area contributed by atoms with Crippen LogP contribution in [0.15, 0.2) is 0 Å². The van der Waals surface area contributed by atoms with E-state index in [9.17, 15) is 0 Å². The van der Waals surface area contributed by atoms with Crippen LogP contribution >= 0.6 is 0 Å². The van der Waals surface area contributed by atoms with Crippen molar-refractivity contribution in [3.8, 4) is 29.6 Å². The number of hydrogen-bond acceptors (Lipinski definition) is 2. The summed E-state index contributed by atoms with van der Waals surface area (Å²) >= 11 is 0. The molecule has 0 bridgehead atoms. The lowest BCUT2D eigenvalue weighted by molar-refractivity contribution is 0.299. The molecule has 0 spiro atoms. The molecule has 0 atom stereocenters. The summed E-state index contributed by atoms with van der Waals surface area (Å²) in [5, 5.41) is 0. The van der Waals surface area contributed by atoms with Crippen LogP contribution < -0.4 is 4.74 Å². The summed E-state index contributed by atoms with van der Waals surface area (Å²) in [4.78, 5) is 0. The number of hydrogen-bond donors (Lipinski definition) is 0. The molecule has 0 heterocycles. The Kier molecular flexibility index (Phi) is 10.4. The largest absolute Gasteiger partial charge is 0.493 e. The van der Waals surface area contributed by atoms with Crippen molar-refractivity contribution in [1.82, 2.24) is 0 Å². The van der Waals surface area contributed by atoms with Gasteiger partial charge in [-0.1, -0.05) is 17.8 Å². The zero-order valence-electron chi connectivity index (χ0n) is 22.2. The lowest BCUT2D eigenvalue weighted by atomic mass is 9.89. The van der Waals surface area contributed by atoms with Gasteiger partial charge in [0, 0.05) is 18.1 Å². The fraction of sp³-hybridized carbons (Fsp3) is 0.467. The number of rotatable bonds is 3. The summed E-state index contributed by atoms with van der Waals surface area (Å²) in [6, 6.07) is 0. The Hall–Kier alpha value is -2.84. The Bertz CT molecular complexity index is 1040. The highest BCUT2D eigenvalue weighted by Crippen LogP contribution is 2.32. The first-order chi connectivity index (χ1) is 15.0. The quantitative estimate of drug-likeness (QED) is 0.475. The molecule has 2 rings (SSSR count). The van der Waals surface area contributed by atoms with Gasteiger partial charge in [-0.3, -0.25) is 0 Å². The van der Waals surface area contributed by atoms with E-state index in [1.165, 1.54) is 55.6 Å². The Morgan fingerprint density at radius 3 is 1.22 bits per heavy atom. The second-order valence-electron chi connectivity index (χ2n) is 8.17. The minimum Gasteiger partial charge on any atom is -0.493 e. The second kappa shape index (κ2) is 12.3. The van der Waals surface area contributed by atoms with Crippen LogP contribution in [0.5, 0.6) is 5.75 Å². The standard InChI is InChI=1S/C25H32O.C5H8O/c1-11-26-25-21(9)19(7)24(20(8)22(25)10)13-12-23-17(5)15(3)14(2)16(4)18(23)6;1-3-5-6-4-2/h11H2,1-10H3;4H2,1-2H3. The third kappa shape index (κ3) is 5.89. The summed E-state index contributed by atoms with van der Waals surface area (Å²) in [5.41, 5.74) is 13.8. The van der Waals surface area contributed by atoms with Crippen LogP contribution in [0, 0.1) is 86.2 Å². The van der Waals surface area contributed by atoms with E-state index >= 15 is 0 Å². The average molecular weight is 433 g/mol. The van der Waals surface area contributed by atoms with Gasteiger partial charge in [-0.25, -0.2) is 0 Å². The fourth-order valence-corrected chi connectivity index (χ4v) is 3.78. The van der Waals surface area contributed by atoms with E-state index in [4.69, 9.17) is 4.74 Å². The van der Waals surface area contributed by atoms with Gasteiger partial charge in [-0.15, -0.1) is 0 Å².